The predicted molar refractivity (Wildman–Crippen MR) is 125 cm³/mol. The molecule has 2 heterocycles. The summed E-state index contributed by atoms with van der Waals surface area (Å²) in [5, 5.41) is 7.10. The predicted octanol–water partition coefficient (Wildman–Crippen LogP) is 5.39. The van der Waals surface area contributed by atoms with Crippen LogP contribution in [0.25, 0.3) is 5.78 Å². The lowest BCUT2D eigenvalue weighted by Gasteiger charge is -2.13. The SMILES string of the molecule is Cc1ccc(Cc2c(C)nc3nc(SCC(=O)Nc4ccccc4C(F)(F)F)nn3c2C)cc1. The Morgan fingerprint density at radius 2 is 1.74 bits per heavy atom. The number of rotatable bonds is 6. The zero-order chi connectivity index (χ0) is 24.5. The molecule has 1 amide bonds. The molecule has 0 radical (unpaired) electrons. The average Bonchev–Trinajstić information content (AvgIpc) is 3.19. The first-order valence-corrected chi connectivity index (χ1v) is 11.5. The first-order chi connectivity index (χ1) is 16.1. The Kier molecular flexibility index (Phi) is 6.60. The van der Waals surface area contributed by atoms with E-state index in [9.17, 15) is 18.0 Å². The van der Waals surface area contributed by atoms with Gasteiger partial charge in [0.25, 0.3) is 5.78 Å². The molecule has 0 spiro atoms. The van der Waals surface area contributed by atoms with Gasteiger partial charge in [-0.15, -0.1) is 5.10 Å². The molecule has 0 atom stereocenters. The van der Waals surface area contributed by atoms with Crippen LogP contribution in [-0.4, -0.2) is 31.2 Å². The Labute approximate surface area is 198 Å². The summed E-state index contributed by atoms with van der Waals surface area (Å²) >= 11 is 1.04. The summed E-state index contributed by atoms with van der Waals surface area (Å²) in [5.41, 5.74) is 3.95. The van der Waals surface area contributed by atoms with Crippen LogP contribution in [0.3, 0.4) is 0 Å². The lowest BCUT2D eigenvalue weighted by molar-refractivity contribution is -0.137. The molecule has 0 aliphatic rings. The molecule has 2 aromatic heterocycles. The summed E-state index contributed by atoms with van der Waals surface area (Å²) in [7, 11) is 0. The van der Waals surface area contributed by atoms with Crippen LogP contribution in [0, 0.1) is 20.8 Å². The second kappa shape index (κ2) is 9.46. The smallest absolute Gasteiger partial charge is 0.325 e. The third-order valence-electron chi connectivity index (χ3n) is 5.37. The lowest BCUT2D eigenvalue weighted by atomic mass is 10.0. The van der Waals surface area contributed by atoms with E-state index in [0.717, 1.165) is 40.3 Å². The fourth-order valence-electron chi connectivity index (χ4n) is 3.57. The Hall–Kier alpha value is -3.40. The van der Waals surface area contributed by atoms with Crippen LogP contribution in [0.1, 0.15) is 33.6 Å². The van der Waals surface area contributed by atoms with E-state index in [4.69, 9.17) is 0 Å². The Balaban J connectivity index is 1.49. The number of thioether (sulfide) groups is 1. The minimum atomic E-state index is -4.56. The Morgan fingerprint density at radius 1 is 1.03 bits per heavy atom. The minimum absolute atomic E-state index is 0.142. The number of hydrogen-bond donors (Lipinski definition) is 1. The number of carbonyl (C=O) groups is 1. The van der Waals surface area contributed by atoms with Crippen molar-refractivity contribution >= 4 is 29.1 Å². The number of hydrogen-bond acceptors (Lipinski definition) is 5. The van der Waals surface area contributed by atoms with Crippen molar-refractivity contribution in [3.63, 3.8) is 0 Å². The highest BCUT2D eigenvalue weighted by Crippen LogP contribution is 2.34. The van der Waals surface area contributed by atoms with E-state index in [1.807, 2.05) is 20.8 Å². The van der Waals surface area contributed by atoms with Gasteiger partial charge < -0.3 is 5.32 Å². The number of amides is 1. The van der Waals surface area contributed by atoms with Crippen molar-refractivity contribution < 1.29 is 18.0 Å². The van der Waals surface area contributed by atoms with E-state index < -0.39 is 17.6 Å². The third kappa shape index (κ3) is 5.22. The summed E-state index contributed by atoms with van der Waals surface area (Å²) in [5.74, 6) is -0.313. The number of nitrogens with one attached hydrogen (secondary N) is 1. The van der Waals surface area contributed by atoms with E-state index in [-0.39, 0.29) is 11.4 Å². The largest absolute Gasteiger partial charge is 0.418 e. The number of fused-ring (bicyclic) bond motifs is 1. The summed E-state index contributed by atoms with van der Waals surface area (Å²) in [4.78, 5) is 21.2. The summed E-state index contributed by atoms with van der Waals surface area (Å²) < 4.78 is 41.1. The fraction of sp³-hybridized carbons (Fsp3) is 0.250. The van der Waals surface area contributed by atoms with Crippen molar-refractivity contribution in [1.29, 1.82) is 0 Å². The Morgan fingerprint density at radius 3 is 2.44 bits per heavy atom. The topological polar surface area (TPSA) is 72.2 Å². The number of aromatic nitrogens is 4. The highest BCUT2D eigenvalue weighted by Gasteiger charge is 2.33. The number of para-hydroxylation sites is 1. The molecule has 0 saturated carbocycles. The maximum atomic E-state index is 13.1. The average molecular weight is 486 g/mol. The van der Waals surface area contributed by atoms with Crippen LogP contribution in [0.15, 0.2) is 53.7 Å². The van der Waals surface area contributed by atoms with Crippen LogP contribution in [0.4, 0.5) is 18.9 Å². The monoisotopic (exact) mass is 485 g/mol. The number of anilines is 1. The molecule has 0 aliphatic heterocycles. The molecule has 6 nitrogen and oxygen atoms in total. The quantitative estimate of drug-likeness (QED) is 0.371. The number of halogens is 3. The zero-order valence-corrected chi connectivity index (χ0v) is 19.6. The van der Waals surface area contributed by atoms with Crippen LogP contribution >= 0.6 is 11.8 Å². The summed E-state index contributed by atoms with van der Waals surface area (Å²) in [6, 6.07) is 13.2. The molecule has 4 rings (SSSR count). The summed E-state index contributed by atoms with van der Waals surface area (Å²) in [6.07, 6.45) is -3.86. The number of alkyl halides is 3. The van der Waals surface area contributed by atoms with E-state index in [0.29, 0.717) is 17.4 Å². The molecular weight excluding hydrogens is 463 g/mol. The fourth-order valence-corrected chi connectivity index (χ4v) is 4.19. The minimum Gasteiger partial charge on any atom is -0.325 e. The first-order valence-electron chi connectivity index (χ1n) is 10.5. The number of nitrogens with zero attached hydrogens (tertiary/aromatic N) is 4. The molecule has 0 unspecified atom stereocenters. The van der Waals surface area contributed by atoms with Gasteiger partial charge in [-0.05, 0) is 44.0 Å². The summed E-state index contributed by atoms with van der Waals surface area (Å²) in [6.45, 7) is 5.90. The van der Waals surface area contributed by atoms with Crippen LogP contribution in [-0.2, 0) is 17.4 Å². The molecule has 2 aromatic carbocycles. The van der Waals surface area contributed by atoms with Gasteiger partial charge in [0.2, 0.25) is 11.1 Å². The number of benzene rings is 2. The van der Waals surface area contributed by atoms with E-state index in [1.165, 1.54) is 23.8 Å². The zero-order valence-electron chi connectivity index (χ0n) is 18.8. The molecule has 1 N–H and O–H groups in total. The highest BCUT2D eigenvalue weighted by molar-refractivity contribution is 7.99. The van der Waals surface area contributed by atoms with Crippen molar-refractivity contribution in [1.82, 2.24) is 19.6 Å². The van der Waals surface area contributed by atoms with Crippen LogP contribution in [0.5, 0.6) is 0 Å². The standard InChI is InChI=1S/C24H22F3N5OS/c1-14-8-10-17(11-9-14)12-18-15(2)28-22-30-23(31-32(22)16(18)3)34-13-21(33)29-20-7-5-4-6-19(20)24(25,26)27/h4-11H,12-13H2,1-3H3,(H,29,33). The molecule has 0 bridgehead atoms. The van der Waals surface area contributed by atoms with Gasteiger partial charge in [0, 0.05) is 17.8 Å². The van der Waals surface area contributed by atoms with E-state index in [2.05, 4.69) is 44.6 Å². The van der Waals surface area contributed by atoms with Crippen molar-refractivity contribution in [2.45, 2.75) is 38.5 Å². The van der Waals surface area contributed by atoms with Gasteiger partial charge in [0.1, 0.15) is 0 Å². The van der Waals surface area contributed by atoms with E-state index in [1.54, 1.807) is 4.52 Å². The van der Waals surface area contributed by atoms with Crippen LogP contribution < -0.4 is 5.32 Å². The molecule has 0 aliphatic carbocycles. The molecule has 4 aromatic rings. The van der Waals surface area contributed by atoms with Crippen molar-refractivity contribution in [2.24, 2.45) is 0 Å². The second-order valence-corrected chi connectivity index (χ2v) is 8.85. The first kappa shape index (κ1) is 23.7. The molecule has 176 valence electrons. The molecule has 34 heavy (non-hydrogen) atoms. The van der Waals surface area contributed by atoms with Gasteiger partial charge in [-0.1, -0.05) is 53.7 Å². The maximum Gasteiger partial charge on any atom is 0.418 e. The van der Waals surface area contributed by atoms with Gasteiger partial charge in [0.15, 0.2) is 0 Å². The highest BCUT2D eigenvalue weighted by atomic mass is 32.2. The van der Waals surface area contributed by atoms with E-state index >= 15 is 0 Å². The van der Waals surface area contributed by atoms with Gasteiger partial charge >= 0.3 is 6.18 Å². The third-order valence-corrected chi connectivity index (χ3v) is 6.21. The second-order valence-electron chi connectivity index (χ2n) is 7.91. The van der Waals surface area contributed by atoms with Crippen molar-refractivity contribution in [3.8, 4) is 0 Å². The van der Waals surface area contributed by atoms with Gasteiger partial charge in [-0.25, -0.2) is 9.50 Å². The molecular formula is C24H22F3N5OS. The van der Waals surface area contributed by atoms with Crippen LogP contribution in [0.2, 0.25) is 0 Å². The number of carbonyl (C=O) groups excluding carboxylic acids is 1. The molecule has 10 heteroatoms. The maximum absolute atomic E-state index is 13.1. The van der Waals surface area contributed by atoms with Crippen molar-refractivity contribution in [2.75, 3.05) is 11.1 Å². The molecule has 0 saturated heterocycles. The normalized spacial score (nSPS) is 11.7. The number of aryl methyl sites for hydroxylation is 3. The van der Waals surface area contributed by atoms with Gasteiger partial charge in [-0.3, -0.25) is 4.79 Å². The van der Waals surface area contributed by atoms with Gasteiger partial charge in [-0.2, -0.15) is 18.2 Å². The molecule has 0 fully saturated rings. The lowest BCUT2D eigenvalue weighted by Crippen LogP contribution is -2.18. The Bertz CT molecular complexity index is 1350. The van der Waals surface area contributed by atoms with Crippen molar-refractivity contribution in [3.05, 3.63) is 82.2 Å². The van der Waals surface area contributed by atoms with Gasteiger partial charge in [0.05, 0.1) is 17.0 Å².